The number of halogens is 1. The molecule has 0 bridgehead atoms. The molecule has 0 aliphatic carbocycles. The van der Waals surface area contributed by atoms with E-state index in [-0.39, 0.29) is 11.8 Å². The van der Waals surface area contributed by atoms with Crippen molar-refractivity contribution in [1.82, 2.24) is 3.11 Å². The van der Waals surface area contributed by atoms with Crippen LogP contribution in [0.5, 0.6) is 0 Å². The first-order chi connectivity index (χ1) is 3.55. The van der Waals surface area contributed by atoms with Crippen LogP contribution in [0.2, 0.25) is 0 Å². The van der Waals surface area contributed by atoms with E-state index in [9.17, 15) is 4.79 Å². The molecule has 0 aliphatic heterocycles. The van der Waals surface area contributed by atoms with Crippen molar-refractivity contribution in [3.63, 3.8) is 0 Å². The molecule has 0 aliphatic rings. The summed E-state index contributed by atoms with van der Waals surface area (Å²) in [6.45, 7) is 3.77. The van der Waals surface area contributed by atoms with E-state index in [0.717, 1.165) is 0 Å². The number of amides is 1. The fourth-order valence-electron chi connectivity index (χ4n) is 0.356. The molecular weight excluding hydrogens is 217 g/mol. The Morgan fingerprint density at radius 3 is 2.00 bits per heavy atom. The summed E-state index contributed by atoms with van der Waals surface area (Å²) in [5.74, 6) is 0.294. The Morgan fingerprint density at radius 1 is 1.62 bits per heavy atom. The second-order valence-electron chi connectivity index (χ2n) is 1.97. The third-order valence-electron chi connectivity index (χ3n) is 0.798. The van der Waals surface area contributed by atoms with Crippen LogP contribution in [-0.2, 0) is 4.79 Å². The first kappa shape index (κ1) is 8.20. The monoisotopic (exact) mass is 227 g/mol. The molecule has 0 saturated heterocycles. The van der Waals surface area contributed by atoms with Gasteiger partial charge in [-0.3, -0.25) is 7.91 Å². The van der Waals surface area contributed by atoms with Crippen molar-refractivity contribution in [3.8, 4) is 0 Å². The van der Waals surface area contributed by atoms with E-state index in [1.807, 2.05) is 36.7 Å². The molecule has 0 saturated carbocycles. The highest BCUT2D eigenvalue weighted by Crippen LogP contribution is 2.02. The van der Waals surface area contributed by atoms with E-state index in [4.69, 9.17) is 0 Å². The van der Waals surface area contributed by atoms with Crippen LogP contribution in [-0.4, -0.2) is 16.1 Å². The van der Waals surface area contributed by atoms with Crippen LogP contribution in [0.25, 0.3) is 0 Å². The van der Waals surface area contributed by atoms with Crippen LogP contribution in [0.4, 0.5) is 0 Å². The Balaban J connectivity index is 3.65. The number of hydrogen-bond acceptors (Lipinski definition) is 1. The zero-order valence-corrected chi connectivity index (χ0v) is 7.47. The topological polar surface area (TPSA) is 20.3 Å². The van der Waals surface area contributed by atoms with Crippen molar-refractivity contribution in [3.05, 3.63) is 0 Å². The van der Waals surface area contributed by atoms with Crippen LogP contribution in [0.15, 0.2) is 0 Å². The summed E-state index contributed by atoms with van der Waals surface area (Å²) in [6, 6.07) is 0. The molecule has 48 valence electrons. The quantitative estimate of drug-likeness (QED) is 0.490. The first-order valence-electron chi connectivity index (χ1n) is 2.49. The van der Waals surface area contributed by atoms with Gasteiger partial charge in [-0.2, -0.15) is 0 Å². The van der Waals surface area contributed by atoms with Crippen molar-refractivity contribution >= 4 is 28.8 Å². The van der Waals surface area contributed by atoms with Gasteiger partial charge in [0.2, 0.25) is 5.91 Å². The predicted molar refractivity (Wildman–Crippen MR) is 41.6 cm³/mol. The lowest BCUT2D eigenvalue weighted by Crippen LogP contribution is -2.20. The van der Waals surface area contributed by atoms with Crippen LogP contribution in [0, 0.1) is 5.92 Å². The first-order valence-corrected chi connectivity index (χ1v) is 3.45. The minimum Gasteiger partial charge on any atom is -0.288 e. The van der Waals surface area contributed by atoms with Gasteiger partial charge in [-0.05, 0) is 0 Å². The van der Waals surface area contributed by atoms with Crippen LogP contribution in [0.1, 0.15) is 13.8 Å². The van der Waals surface area contributed by atoms with Crippen molar-refractivity contribution in [2.75, 3.05) is 7.05 Å². The maximum atomic E-state index is 10.8. The molecular formula is C5H10INO. The third kappa shape index (κ3) is 2.49. The van der Waals surface area contributed by atoms with E-state index < -0.39 is 0 Å². The second-order valence-corrected chi connectivity index (χ2v) is 3.42. The zero-order valence-electron chi connectivity index (χ0n) is 5.31. The Bertz CT molecular complexity index is 80.4. The average Bonchev–Trinajstić information content (AvgIpc) is 1.64. The average molecular weight is 227 g/mol. The van der Waals surface area contributed by atoms with Crippen LogP contribution >= 0.6 is 22.9 Å². The lowest BCUT2D eigenvalue weighted by atomic mass is 10.2. The summed E-state index contributed by atoms with van der Waals surface area (Å²) in [4.78, 5) is 10.8. The zero-order chi connectivity index (χ0) is 6.73. The van der Waals surface area contributed by atoms with Crippen molar-refractivity contribution in [1.29, 1.82) is 0 Å². The van der Waals surface area contributed by atoms with Crippen molar-refractivity contribution in [2.45, 2.75) is 13.8 Å². The maximum absolute atomic E-state index is 10.8. The minimum absolute atomic E-state index is 0.122. The highest BCUT2D eigenvalue weighted by molar-refractivity contribution is 14.1. The third-order valence-corrected chi connectivity index (χ3v) is 1.27. The number of rotatable bonds is 1. The fraction of sp³-hybridized carbons (Fsp3) is 0.800. The molecule has 0 radical (unpaired) electrons. The summed E-state index contributed by atoms with van der Waals surface area (Å²) < 4.78 is 1.57. The van der Waals surface area contributed by atoms with Gasteiger partial charge in [0.05, 0.1) is 22.9 Å². The molecule has 1 amide bonds. The highest BCUT2D eigenvalue weighted by atomic mass is 127. The number of nitrogens with zero attached hydrogens (tertiary/aromatic N) is 1. The summed E-state index contributed by atoms with van der Waals surface area (Å²) in [7, 11) is 1.75. The van der Waals surface area contributed by atoms with Crippen LogP contribution < -0.4 is 0 Å². The van der Waals surface area contributed by atoms with Gasteiger partial charge in [0.25, 0.3) is 0 Å². The molecule has 0 unspecified atom stereocenters. The van der Waals surface area contributed by atoms with Gasteiger partial charge in [-0.25, -0.2) is 0 Å². The van der Waals surface area contributed by atoms with E-state index in [1.165, 1.54) is 0 Å². The highest BCUT2D eigenvalue weighted by Gasteiger charge is 2.08. The molecule has 0 aromatic carbocycles. The maximum Gasteiger partial charge on any atom is 0.233 e. The van der Waals surface area contributed by atoms with Crippen molar-refractivity contribution < 1.29 is 4.79 Å². The molecule has 0 aromatic heterocycles. The molecule has 8 heavy (non-hydrogen) atoms. The van der Waals surface area contributed by atoms with E-state index in [1.54, 1.807) is 10.2 Å². The molecule has 0 aromatic rings. The standard InChI is InChI=1S/C5H10INO/c1-4(2)5(8)7(3)6/h4H,1-3H3. The lowest BCUT2D eigenvalue weighted by Gasteiger charge is -2.09. The molecule has 0 N–H and O–H groups in total. The Hall–Kier alpha value is 0.200. The van der Waals surface area contributed by atoms with Gasteiger partial charge in [-0.15, -0.1) is 0 Å². The number of carbonyl (C=O) groups excluding carboxylic acids is 1. The van der Waals surface area contributed by atoms with Gasteiger partial charge in [0.15, 0.2) is 0 Å². The Kier molecular flexibility index (Phi) is 3.35. The lowest BCUT2D eigenvalue weighted by molar-refractivity contribution is -0.127. The van der Waals surface area contributed by atoms with Gasteiger partial charge >= 0.3 is 0 Å². The van der Waals surface area contributed by atoms with Crippen LogP contribution in [0.3, 0.4) is 0 Å². The van der Waals surface area contributed by atoms with Gasteiger partial charge in [0.1, 0.15) is 0 Å². The summed E-state index contributed by atoms with van der Waals surface area (Å²) in [6.07, 6.45) is 0. The molecule has 2 nitrogen and oxygen atoms in total. The summed E-state index contributed by atoms with van der Waals surface area (Å²) in [5, 5.41) is 0. The van der Waals surface area contributed by atoms with Gasteiger partial charge in [-0.1, -0.05) is 13.8 Å². The normalized spacial score (nSPS) is 9.62. The molecule has 0 rings (SSSR count). The molecule has 0 fully saturated rings. The largest absolute Gasteiger partial charge is 0.288 e. The van der Waals surface area contributed by atoms with Gasteiger partial charge in [0, 0.05) is 13.0 Å². The molecule has 0 heterocycles. The second kappa shape index (κ2) is 3.27. The van der Waals surface area contributed by atoms with E-state index >= 15 is 0 Å². The molecule has 0 atom stereocenters. The van der Waals surface area contributed by atoms with E-state index in [0.29, 0.717) is 0 Å². The molecule has 0 spiro atoms. The Labute approximate surface area is 63.7 Å². The summed E-state index contributed by atoms with van der Waals surface area (Å²) >= 11 is 1.97. The SMILES string of the molecule is CC(C)C(=O)N(C)I. The number of carbonyl (C=O) groups is 1. The fourth-order valence-corrected chi connectivity index (χ4v) is 0.913. The van der Waals surface area contributed by atoms with Gasteiger partial charge < -0.3 is 0 Å². The smallest absolute Gasteiger partial charge is 0.233 e. The predicted octanol–water partition coefficient (Wildman–Crippen LogP) is 1.45. The van der Waals surface area contributed by atoms with E-state index in [2.05, 4.69) is 0 Å². The Morgan fingerprint density at radius 2 is 2.00 bits per heavy atom. The van der Waals surface area contributed by atoms with Crippen molar-refractivity contribution in [2.24, 2.45) is 5.92 Å². The number of hydrogen-bond donors (Lipinski definition) is 0. The molecule has 3 heteroatoms. The summed E-state index contributed by atoms with van der Waals surface area (Å²) in [5.41, 5.74) is 0. The minimum atomic E-state index is 0.122.